The number of aromatic nitrogens is 2. The topological polar surface area (TPSA) is 21.1 Å². The highest BCUT2D eigenvalue weighted by molar-refractivity contribution is 7.99. The van der Waals surface area contributed by atoms with Gasteiger partial charge in [0.05, 0.1) is 23.7 Å². The van der Waals surface area contributed by atoms with E-state index in [4.69, 9.17) is 0 Å². The molecule has 0 aliphatic carbocycles. The lowest BCUT2D eigenvalue weighted by atomic mass is 9.94. The van der Waals surface area contributed by atoms with Crippen LogP contribution in [0.15, 0.2) is 58.8 Å². The van der Waals surface area contributed by atoms with Gasteiger partial charge in [-0.2, -0.15) is 0 Å². The van der Waals surface area contributed by atoms with Crippen molar-refractivity contribution >= 4 is 23.1 Å². The first kappa shape index (κ1) is 14.0. The number of hydrogen-bond acceptors (Lipinski definition) is 3. The average Bonchev–Trinajstić information content (AvgIpc) is 3.12. The van der Waals surface area contributed by atoms with Crippen LogP contribution < -0.4 is 4.90 Å². The summed E-state index contributed by atoms with van der Waals surface area (Å²) in [6.45, 7) is 0.712. The van der Waals surface area contributed by atoms with Crippen LogP contribution in [0.2, 0.25) is 0 Å². The Bertz CT molecular complexity index is 940. The number of fused-ring (bicyclic) bond motifs is 2. The molecule has 0 N–H and O–H groups in total. The summed E-state index contributed by atoms with van der Waals surface area (Å²) in [5, 5.41) is 0. The highest BCUT2D eigenvalue weighted by Crippen LogP contribution is 2.54. The van der Waals surface area contributed by atoms with Gasteiger partial charge in [-0.05, 0) is 36.8 Å². The van der Waals surface area contributed by atoms with E-state index in [1.165, 1.54) is 18.2 Å². The van der Waals surface area contributed by atoms with E-state index in [1.807, 2.05) is 16.8 Å². The SMILES string of the molecule is Fc1ccc2c(c1)N1CCC(n3ccnc3)c3c(F)ccc(c31)S2. The van der Waals surface area contributed by atoms with Crippen LogP contribution in [0.4, 0.5) is 20.2 Å². The van der Waals surface area contributed by atoms with Crippen molar-refractivity contribution in [1.29, 1.82) is 0 Å². The van der Waals surface area contributed by atoms with Gasteiger partial charge in [0.2, 0.25) is 0 Å². The van der Waals surface area contributed by atoms with E-state index in [-0.39, 0.29) is 17.7 Å². The molecule has 1 aromatic heterocycles. The molecule has 1 atom stereocenters. The minimum Gasteiger partial charge on any atom is -0.339 e. The second kappa shape index (κ2) is 5.08. The van der Waals surface area contributed by atoms with Crippen LogP contribution in [0.3, 0.4) is 0 Å². The van der Waals surface area contributed by atoms with Crippen LogP contribution in [0.1, 0.15) is 18.0 Å². The smallest absolute Gasteiger partial charge is 0.130 e. The molecule has 3 nitrogen and oxygen atoms in total. The molecule has 0 amide bonds. The fourth-order valence-corrected chi connectivity index (χ4v) is 4.75. The maximum atomic E-state index is 14.7. The van der Waals surface area contributed by atoms with Gasteiger partial charge in [0.15, 0.2) is 0 Å². The van der Waals surface area contributed by atoms with Gasteiger partial charge in [0.25, 0.3) is 0 Å². The largest absolute Gasteiger partial charge is 0.339 e. The third kappa shape index (κ3) is 1.92. The fourth-order valence-electron chi connectivity index (χ4n) is 3.65. The summed E-state index contributed by atoms with van der Waals surface area (Å²) in [5.74, 6) is -0.495. The molecule has 2 aromatic carbocycles. The molecule has 2 aliphatic heterocycles. The second-order valence-corrected chi connectivity index (χ2v) is 7.07. The van der Waals surface area contributed by atoms with Gasteiger partial charge in [-0.25, -0.2) is 13.8 Å². The molecular weight excluding hydrogens is 328 g/mol. The van der Waals surface area contributed by atoms with Crippen molar-refractivity contribution in [2.24, 2.45) is 0 Å². The summed E-state index contributed by atoms with van der Waals surface area (Å²) < 4.78 is 30.4. The van der Waals surface area contributed by atoms with Crippen molar-refractivity contribution < 1.29 is 8.78 Å². The summed E-state index contributed by atoms with van der Waals surface area (Å²) in [4.78, 5) is 8.16. The molecule has 0 saturated heterocycles. The maximum absolute atomic E-state index is 14.7. The zero-order valence-corrected chi connectivity index (χ0v) is 13.4. The van der Waals surface area contributed by atoms with Crippen molar-refractivity contribution in [2.45, 2.75) is 22.3 Å². The molecule has 0 spiro atoms. The first-order valence-corrected chi connectivity index (χ1v) is 8.59. The predicted octanol–water partition coefficient (Wildman–Crippen LogP) is 4.76. The molecule has 5 rings (SSSR count). The molecular formula is C18H13F2N3S. The minimum atomic E-state index is -0.271. The zero-order chi connectivity index (χ0) is 16.3. The van der Waals surface area contributed by atoms with Gasteiger partial charge in [-0.15, -0.1) is 0 Å². The standard InChI is InChI=1S/C18H13F2N3S/c19-11-1-3-15-14(9-11)23-7-5-13(22-8-6-21-10-22)17-12(20)2-4-16(24-15)18(17)23/h1-4,6,8-10,13H,5,7H2. The molecule has 3 heterocycles. The van der Waals surface area contributed by atoms with Crippen LogP contribution in [0.5, 0.6) is 0 Å². The molecule has 0 bridgehead atoms. The van der Waals surface area contributed by atoms with Crippen molar-refractivity contribution in [3.63, 3.8) is 0 Å². The van der Waals surface area contributed by atoms with Crippen LogP contribution in [-0.4, -0.2) is 16.1 Å². The predicted molar refractivity (Wildman–Crippen MR) is 88.9 cm³/mol. The first-order valence-electron chi connectivity index (χ1n) is 7.77. The Hall–Kier alpha value is -2.34. The number of halogens is 2. The van der Waals surface area contributed by atoms with E-state index in [2.05, 4.69) is 9.88 Å². The minimum absolute atomic E-state index is 0.0885. The molecule has 3 aromatic rings. The van der Waals surface area contributed by atoms with E-state index in [1.54, 1.807) is 30.4 Å². The van der Waals surface area contributed by atoms with Crippen molar-refractivity contribution in [2.75, 3.05) is 11.4 Å². The van der Waals surface area contributed by atoms with Gasteiger partial charge < -0.3 is 9.47 Å². The summed E-state index contributed by atoms with van der Waals surface area (Å²) in [7, 11) is 0. The quantitative estimate of drug-likeness (QED) is 0.637. The number of imidazole rings is 1. The maximum Gasteiger partial charge on any atom is 0.130 e. The van der Waals surface area contributed by atoms with Gasteiger partial charge in [0.1, 0.15) is 11.6 Å². The van der Waals surface area contributed by atoms with Crippen LogP contribution in [-0.2, 0) is 0 Å². The number of benzene rings is 2. The molecule has 0 radical (unpaired) electrons. The lowest BCUT2D eigenvalue weighted by Crippen LogP contribution is -2.32. The first-order chi connectivity index (χ1) is 11.7. The van der Waals surface area contributed by atoms with E-state index in [0.717, 1.165) is 27.6 Å². The zero-order valence-electron chi connectivity index (χ0n) is 12.6. The average molecular weight is 341 g/mol. The molecule has 0 saturated carbocycles. The number of anilines is 2. The third-order valence-corrected chi connectivity index (χ3v) is 5.79. The summed E-state index contributed by atoms with van der Waals surface area (Å²) in [6.07, 6.45) is 6.04. The van der Waals surface area contributed by atoms with E-state index >= 15 is 0 Å². The van der Waals surface area contributed by atoms with Crippen LogP contribution >= 0.6 is 11.8 Å². The lowest BCUT2D eigenvalue weighted by molar-refractivity contribution is 0.485. The number of rotatable bonds is 1. The molecule has 0 fully saturated rings. The molecule has 24 heavy (non-hydrogen) atoms. The highest BCUT2D eigenvalue weighted by Gasteiger charge is 2.35. The Balaban J connectivity index is 1.74. The van der Waals surface area contributed by atoms with Crippen molar-refractivity contribution in [3.05, 3.63) is 66.3 Å². The Morgan fingerprint density at radius 1 is 1.12 bits per heavy atom. The normalized spacial score (nSPS) is 18.2. The van der Waals surface area contributed by atoms with Gasteiger partial charge >= 0.3 is 0 Å². The van der Waals surface area contributed by atoms with E-state index in [0.29, 0.717) is 12.1 Å². The third-order valence-electron chi connectivity index (χ3n) is 4.67. The van der Waals surface area contributed by atoms with Gasteiger partial charge in [0, 0.05) is 34.3 Å². The van der Waals surface area contributed by atoms with Crippen molar-refractivity contribution in [3.8, 4) is 0 Å². The van der Waals surface area contributed by atoms with E-state index in [9.17, 15) is 8.78 Å². The Kier molecular flexibility index (Phi) is 2.97. The summed E-state index contributed by atoms with van der Waals surface area (Å²) in [5.41, 5.74) is 2.35. The molecule has 120 valence electrons. The Morgan fingerprint density at radius 3 is 2.83 bits per heavy atom. The van der Waals surface area contributed by atoms with Gasteiger partial charge in [-0.1, -0.05) is 11.8 Å². The molecule has 1 unspecified atom stereocenters. The molecule has 6 heteroatoms. The molecule has 2 aliphatic rings. The fraction of sp³-hybridized carbons (Fsp3) is 0.167. The van der Waals surface area contributed by atoms with Crippen molar-refractivity contribution in [1.82, 2.24) is 9.55 Å². The van der Waals surface area contributed by atoms with Crippen LogP contribution in [0, 0.1) is 11.6 Å². The Labute approximate surface area is 141 Å². The Morgan fingerprint density at radius 2 is 2.00 bits per heavy atom. The monoisotopic (exact) mass is 341 g/mol. The van der Waals surface area contributed by atoms with Gasteiger partial charge in [-0.3, -0.25) is 0 Å². The number of nitrogens with zero attached hydrogens (tertiary/aromatic N) is 3. The number of hydrogen-bond donors (Lipinski definition) is 0. The second-order valence-electron chi connectivity index (χ2n) is 5.99. The van der Waals surface area contributed by atoms with Crippen LogP contribution in [0.25, 0.3) is 0 Å². The summed E-state index contributed by atoms with van der Waals surface area (Å²) in [6, 6.07) is 8.06. The summed E-state index contributed by atoms with van der Waals surface area (Å²) >= 11 is 1.57. The highest BCUT2D eigenvalue weighted by atomic mass is 32.2. The van der Waals surface area contributed by atoms with E-state index < -0.39 is 0 Å². The lowest BCUT2D eigenvalue weighted by Gasteiger charge is -2.40.